The highest BCUT2D eigenvalue weighted by atomic mass is 127. The van der Waals surface area contributed by atoms with Crippen LogP contribution in [0.3, 0.4) is 0 Å². The van der Waals surface area contributed by atoms with Crippen LogP contribution in [0.15, 0.2) is 27.7 Å². The number of likely N-dealkylation sites (tertiary alicyclic amines) is 1. The van der Waals surface area contributed by atoms with Crippen LogP contribution < -0.4 is 10.1 Å². The summed E-state index contributed by atoms with van der Waals surface area (Å²) in [5, 5.41) is 3.44. The average molecular weight is 524 g/mol. The number of aliphatic imine (C=N–C) groups is 1. The van der Waals surface area contributed by atoms with Gasteiger partial charge in [-0.15, -0.1) is 24.0 Å². The van der Waals surface area contributed by atoms with Crippen LogP contribution in [0.25, 0.3) is 0 Å². The second kappa shape index (κ2) is 9.41. The summed E-state index contributed by atoms with van der Waals surface area (Å²) in [6, 6.07) is 6.00. The SMILES string of the molecule is CCNC(=NCc1cc(OC)ccc1Br)N1CCC2(CCOC2)C1.I. The highest BCUT2D eigenvalue weighted by Crippen LogP contribution is 2.38. The van der Waals surface area contributed by atoms with Crippen molar-refractivity contribution < 1.29 is 9.47 Å². The van der Waals surface area contributed by atoms with E-state index in [1.54, 1.807) is 7.11 Å². The van der Waals surface area contributed by atoms with Crippen LogP contribution in [0, 0.1) is 5.41 Å². The molecule has 1 N–H and O–H groups in total. The largest absolute Gasteiger partial charge is 0.497 e. The lowest BCUT2D eigenvalue weighted by atomic mass is 9.87. The molecule has 0 aliphatic carbocycles. The zero-order valence-electron chi connectivity index (χ0n) is 14.9. The molecule has 1 atom stereocenters. The van der Waals surface area contributed by atoms with Crippen LogP contribution in [0.2, 0.25) is 0 Å². The zero-order chi connectivity index (χ0) is 17.0. The molecule has 0 amide bonds. The van der Waals surface area contributed by atoms with Gasteiger partial charge in [0.2, 0.25) is 0 Å². The number of ether oxygens (including phenoxy) is 2. The fourth-order valence-corrected chi connectivity index (χ4v) is 3.84. The van der Waals surface area contributed by atoms with Gasteiger partial charge in [-0.2, -0.15) is 0 Å². The molecule has 7 heteroatoms. The van der Waals surface area contributed by atoms with Gasteiger partial charge in [-0.25, -0.2) is 4.99 Å². The van der Waals surface area contributed by atoms with E-state index in [1.165, 1.54) is 12.8 Å². The molecule has 0 bridgehead atoms. The van der Waals surface area contributed by atoms with Gasteiger partial charge in [0.05, 0.1) is 20.3 Å². The first kappa shape index (κ1) is 20.8. The summed E-state index contributed by atoms with van der Waals surface area (Å²) in [6.07, 6.45) is 2.37. The van der Waals surface area contributed by atoms with Crippen molar-refractivity contribution >= 4 is 45.9 Å². The van der Waals surface area contributed by atoms with E-state index in [1.807, 2.05) is 18.2 Å². The summed E-state index contributed by atoms with van der Waals surface area (Å²) in [5.41, 5.74) is 1.47. The maximum absolute atomic E-state index is 5.63. The molecule has 0 aromatic heterocycles. The molecule has 25 heavy (non-hydrogen) atoms. The number of hydrogen-bond acceptors (Lipinski definition) is 3. The van der Waals surface area contributed by atoms with Crippen LogP contribution in [-0.4, -0.2) is 50.8 Å². The number of hydrogen-bond donors (Lipinski definition) is 1. The van der Waals surface area contributed by atoms with Gasteiger partial charge in [-0.05, 0) is 43.5 Å². The van der Waals surface area contributed by atoms with Gasteiger partial charge in [0.15, 0.2) is 5.96 Å². The van der Waals surface area contributed by atoms with Crippen molar-refractivity contribution in [3.8, 4) is 5.75 Å². The molecular weight excluding hydrogens is 497 g/mol. The molecule has 0 saturated carbocycles. The third-order valence-electron chi connectivity index (χ3n) is 4.91. The van der Waals surface area contributed by atoms with Gasteiger partial charge >= 0.3 is 0 Å². The smallest absolute Gasteiger partial charge is 0.194 e. The third kappa shape index (κ3) is 5.01. The molecule has 140 valence electrons. The van der Waals surface area contributed by atoms with Crippen molar-refractivity contribution in [3.63, 3.8) is 0 Å². The molecule has 1 spiro atoms. The summed E-state index contributed by atoms with van der Waals surface area (Å²) in [6.45, 7) is 7.49. The first-order chi connectivity index (χ1) is 11.7. The normalized spacial score (nSPS) is 23.0. The fourth-order valence-electron chi connectivity index (χ4n) is 3.47. The van der Waals surface area contributed by atoms with E-state index in [0.717, 1.165) is 54.6 Å². The summed E-state index contributed by atoms with van der Waals surface area (Å²) in [5.74, 6) is 1.85. The van der Waals surface area contributed by atoms with Crippen LogP contribution in [0.4, 0.5) is 0 Å². The Morgan fingerprint density at radius 2 is 2.28 bits per heavy atom. The Hall–Kier alpha value is -0.540. The van der Waals surface area contributed by atoms with Crippen LogP contribution in [0.1, 0.15) is 25.3 Å². The standard InChI is InChI=1S/C18H26BrN3O2.HI/c1-3-20-17(22-8-6-18(12-22)7-9-24-13-18)21-11-14-10-15(23-2)4-5-16(14)19;/h4-5,10H,3,6-9,11-13H2,1-2H3,(H,20,21);1H. The topological polar surface area (TPSA) is 46.1 Å². The predicted molar refractivity (Wildman–Crippen MR) is 115 cm³/mol. The second-order valence-electron chi connectivity index (χ2n) is 6.60. The predicted octanol–water partition coefficient (Wildman–Crippen LogP) is 3.65. The van der Waals surface area contributed by atoms with Crippen LogP contribution >= 0.6 is 39.9 Å². The molecule has 2 aliphatic rings. The molecule has 2 saturated heterocycles. The molecule has 2 aliphatic heterocycles. The van der Waals surface area contributed by atoms with Gasteiger partial charge in [-0.1, -0.05) is 15.9 Å². The van der Waals surface area contributed by atoms with Crippen molar-refractivity contribution in [1.29, 1.82) is 0 Å². The first-order valence-electron chi connectivity index (χ1n) is 8.59. The van der Waals surface area contributed by atoms with E-state index in [-0.39, 0.29) is 24.0 Å². The highest BCUT2D eigenvalue weighted by Gasteiger charge is 2.42. The minimum absolute atomic E-state index is 0. The number of rotatable bonds is 4. The number of guanidine groups is 1. The van der Waals surface area contributed by atoms with Gasteiger partial charge in [0.25, 0.3) is 0 Å². The van der Waals surface area contributed by atoms with Gasteiger partial charge < -0.3 is 19.7 Å². The van der Waals surface area contributed by atoms with E-state index >= 15 is 0 Å². The van der Waals surface area contributed by atoms with E-state index in [2.05, 4.69) is 33.1 Å². The number of nitrogens with one attached hydrogen (secondary N) is 1. The molecule has 1 aromatic rings. The minimum atomic E-state index is 0. The minimum Gasteiger partial charge on any atom is -0.497 e. The maximum Gasteiger partial charge on any atom is 0.194 e. The molecule has 3 rings (SSSR count). The fraction of sp³-hybridized carbons (Fsp3) is 0.611. The Morgan fingerprint density at radius 1 is 1.44 bits per heavy atom. The number of methoxy groups -OCH3 is 1. The van der Waals surface area contributed by atoms with Crippen LogP contribution in [0.5, 0.6) is 5.75 Å². The summed E-state index contributed by atoms with van der Waals surface area (Å²) < 4.78 is 12.0. The van der Waals surface area contributed by atoms with Crippen molar-refractivity contribution in [2.45, 2.75) is 26.3 Å². The molecule has 1 unspecified atom stereocenters. The van der Waals surface area contributed by atoms with E-state index in [0.29, 0.717) is 12.0 Å². The summed E-state index contributed by atoms with van der Waals surface area (Å²) in [4.78, 5) is 7.24. The van der Waals surface area contributed by atoms with Crippen molar-refractivity contribution in [1.82, 2.24) is 10.2 Å². The Kier molecular flexibility index (Phi) is 7.82. The second-order valence-corrected chi connectivity index (χ2v) is 7.46. The number of nitrogens with zero attached hydrogens (tertiary/aromatic N) is 2. The Bertz CT molecular complexity index is 606. The molecule has 2 heterocycles. The quantitative estimate of drug-likeness (QED) is 0.372. The Labute approximate surface area is 175 Å². The zero-order valence-corrected chi connectivity index (χ0v) is 18.8. The van der Waals surface area contributed by atoms with E-state index in [9.17, 15) is 0 Å². The lowest BCUT2D eigenvalue weighted by Crippen LogP contribution is -2.41. The van der Waals surface area contributed by atoms with E-state index < -0.39 is 0 Å². The molecule has 0 radical (unpaired) electrons. The Balaban J connectivity index is 0.00000225. The lowest BCUT2D eigenvalue weighted by molar-refractivity contribution is 0.156. The molecule has 1 aromatic carbocycles. The van der Waals surface area contributed by atoms with Gasteiger partial charge in [0.1, 0.15) is 5.75 Å². The molecule has 2 fully saturated rings. The molecule has 5 nitrogen and oxygen atoms in total. The van der Waals surface area contributed by atoms with Gasteiger partial charge in [0, 0.05) is 36.1 Å². The van der Waals surface area contributed by atoms with Crippen molar-refractivity contribution in [2.24, 2.45) is 10.4 Å². The first-order valence-corrected chi connectivity index (χ1v) is 9.38. The monoisotopic (exact) mass is 523 g/mol. The van der Waals surface area contributed by atoms with Crippen molar-refractivity contribution in [3.05, 3.63) is 28.2 Å². The third-order valence-corrected chi connectivity index (χ3v) is 5.68. The maximum atomic E-state index is 5.63. The number of halogens is 2. The van der Waals surface area contributed by atoms with Gasteiger partial charge in [-0.3, -0.25) is 0 Å². The molecular formula is C18H27BrIN3O2. The highest BCUT2D eigenvalue weighted by molar-refractivity contribution is 14.0. The average Bonchev–Trinajstić information content (AvgIpc) is 3.23. The summed E-state index contributed by atoms with van der Waals surface area (Å²) in [7, 11) is 1.69. The number of benzene rings is 1. The Morgan fingerprint density at radius 3 is 2.96 bits per heavy atom. The van der Waals surface area contributed by atoms with E-state index in [4.69, 9.17) is 14.5 Å². The van der Waals surface area contributed by atoms with Crippen molar-refractivity contribution in [2.75, 3.05) is 40.0 Å². The lowest BCUT2D eigenvalue weighted by Gasteiger charge is -2.25. The van der Waals surface area contributed by atoms with Crippen LogP contribution in [-0.2, 0) is 11.3 Å². The summed E-state index contributed by atoms with van der Waals surface area (Å²) >= 11 is 3.61.